The van der Waals surface area contributed by atoms with Crippen LogP contribution in [0.15, 0.2) is 40.6 Å². The van der Waals surface area contributed by atoms with Crippen LogP contribution in [0.1, 0.15) is 73.2 Å². The van der Waals surface area contributed by atoms with Gasteiger partial charge in [-0.05, 0) is 61.5 Å². The first-order valence-electron chi connectivity index (χ1n) is 14.2. The number of carbonyl (C=O) groups is 1. The normalized spacial score (nSPS) is 22.7. The standard InChI is InChI=1S/C25H34N6O.2C2H6.H2/c32-24(30-12-3-13-30)16-19-4-5-23(29-18-19)26-11-6-21-17-22(21)20-7-14-31(15-8-20)25-27-9-1-2-10-28-25;2*1-2;/h1,4-5,9-10,18,20-22H,2-3,6-8,11-17H2,(H,26,29);2*1-2H3;1H. The number of anilines is 1. The molecule has 36 heavy (non-hydrogen) atoms. The summed E-state index contributed by atoms with van der Waals surface area (Å²) in [6.45, 7) is 12.9. The Labute approximate surface area is 219 Å². The van der Waals surface area contributed by atoms with E-state index in [0.717, 1.165) is 80.7 Å². The predicted molar refractivity (Wildman–Crippen MR) is 153 cm³/mol. The molecule has 1 aromatic heterocycles. The molecule has 7 heteroatoms. The molecule has 0 aromatic carbocycles. The first-order chi connectivity index (χ1) is 17.8. The Morgan fingerprint density at radius 2 is 1.89 bits per heavy atom. The summed E-state index contributed by atoms with van der Waals surface area (Å²) >= 11 is 0. The van der Waals surface area contributed by atoms with Crippen molar-refractivity contribution in [1.82, 2.24) is 14.8 Å². The number of guanidine groups is 1. The first kappa shape index (κ1) is 27.9. The number of nitrogens with one attached hydrogen (secondary N) is 1. The summed E-state index contributed by atoms with van der Waals surface area (Å²) in [6.07, 6.45) is 15.3. The highest BCUT2D eigenvalue weighted by Crippen LogP contribution is 2.49. The van der Waals surface area contributed by atoms with E-state index in [4.69, 9.17) is 0 Å². The molecule has 3 aliphatic heterocycles. The number of carbonyl (C=O) groups excluding carboxylic acids is 1. The highest BCUT2D eigenvalue weighted by molar-refractivity contribution is 5.89. The van der Waals surface area contributed by atoms with Gasteiger partial charge in [-0.3, -0.25) is 4.79 Å². The lowest BCUT2D eigenvalue weighted by Gasteiger charge is -2.32. The average Bonchev–Trinajstić information content (AvgIpc) is 3.70. The lowest BCUT2D eigenvalue weighted by Crippen LogP contribution is -2.42. The zero-order chi connectivity index (χ0) is 25.8. The summed E-state index contributed by atoms with van der Waals surface area (Å²) in [6, 6.07) is 4.03. The molecule has 7 nitrogen and oxygen atoms in total. The lowest BCUT2D eigenvalue weighted by atomic mass is 9.90. The average molecular weight is 497 g/mol. The number of allylic oxidation sites excluding steroid dienone is 1. The molecule has 1 aliphatic carbocycles. The number of aliphatic imine (C=N–C) groups is 2. The largest absolute Gasteiger partial charge is 0.370 e. The van der Waals surface area contributed by atoms with Crippen LogP contribution in [0.25, 0.3) is 0 Å². The highest BCUT2D eigenvalue weighted by atomic mass is 16.2. The van der Waals surface area contributed by atoms with E-state index in [9.17, 15) is 4.79 Å². The summed E-state index contributed by atoms with van der Waals surface area (Å²) in [5.74, 6) is 4.61. The van der Waals surface area contributed by atoms with E-state index in [1.807, 2.05) is 69.4 Å². The van der Waals surface area contributed by atoms with Gasteiger partial charge in [-0.1, -0.05) is 39.8 Å². The van der Waals surface area contributed by atoms with Crippen molar-refractivity contribution in [2.75, 3.05) is 38.0 Å². The Kier molecular flexibility index (Phi) is 11.4. The van der Waals surface area contributed by atoms with Crippen molar-refractivity contribution in [2.24, 2.45) is 27.7 Å². The van der Waals surface area contributed by atoms with Crippen LogP contribution in [0.4, 0.5) is 5.82 Å². The molecule has 5 rings (SSSR count). The molecule has 4 aliphatic rings. The van der Waals surface area contributed by atoms with E-state index in [1.54, 1.807) is 0 Å². The molecule has 0 spiro atoms. The molecule has 0 bridgehead atoms. The fourth-order valence-electron chi connectivity index (χ4n) is 5.15. The number of rotatable bonds is 7. The molecule has 3 fully saturated rings. The fourth-order valence-corrected chi connectivity index (χ4v) is 5.15. The summed E-state index contributed by atoms with van der Waals surface area (Å²) in [7, 11) is 0. The van der Waals surface area contributed by atoms with Crippen molar-refractivity contribution < 1.29 is 6.22 Å². The minimum Gasteiger partial charge on any atom is -0.370 e. The number of amides is 1. The molecular formula is C29H48N6O. The number of aromatic nitrogens is 1. The van der Waals surface area contributed by atoms with Crippen LogP contribution in [0.3, 0.4) is 0 Å². The third kappa shape index (κ3) is 7.90. The topological polar surface area (TPSA) is 73.2 Å². The second-order valence-corrected chi connectivity index (χ2v) is 9.52. The van der Waals surface area contributed by atoms with Gasteiger partial charge in [0.15, 0.2) is 0 Å². The summed E-state index contributed by atoms with van der Waals surface area (Å²) in [5.41, 5.74) is 0.998. The Morgan fingerprint density at radius 1 is 1.11 bits per heavy atom. The number of piperidine rings is 1. The minimum absolute atomic E-state index is 0. The molecule has 2 saturated heterocycles. The van der Waals surface area contributed by atoms with Crippen LogP contribution >= 0.6 is 0 Å². The van der Waals surface area contributed by atoms with Gasteiger partial charge in [-0.2, -0.15) is 0 Å². The fraction of sp³-hybridized carbons (Fsp3) is 0.655. The molecular weight excluding hydrogens is 448 g/mol. The van der Waals surface area contributed by atoms with Gasteiger partial charge in [-0.15, -0.1) is 0 Å². The summed E-state index contributed by atoms with van der Waals surface area (Å²) in [4.78, 5) is 29.8. The second kappa shape index (κ2) is 14.8. The van der Waals surface area contributed by atoms with Crippen molar-refractivity contribution in [3.8, 4) is 0 Å². The second-order valence-electron chi connectivity index (χ2n) is 9.52. The summed E-state index contributed by atoms with van der Waals surface area (Å²) < 4.78 is 0. The van der Waals surface area contributed by atoms with E-state index in [2.05, 4.69) is 25.2 Å². The Bertz CT molecular complexity index is 888. The van der Waals surface area contributed by atoms with Crippen molar-refractivity contribution in [3.63, 3.8) is 0 Å². The third-order valence-corrected chi connectivity index (χ3v) is 7.36. The number of nitrogens with zero attached hydrogens (tertiary/aromatic N) is 5. The van der Waals surface area contributed by atoms with E-state index in [0.29, 0.717) is 6.42 Å². The van der Waals surface area contributed by atoms with Gasteiger partial charge < -0.3 is 15.1 Å². The molecule has 0 radical (unpaired) electrons. The van der Waals surface area contributed by atoms with Crippen molar-refractivity contribution in [1.29, 1.82) is 0 Å². The van der Waals surface area contributed by atoms with Gasteiger partial charge in [0.2, 0.25) is 11.9 Å². The molecule has 2 unspecified atom stereocenters. The van der Waals surface area contributed by atoms with Gasteiger partial charge >= 0.3 is 0 Å². The predicted octanol–water partition coefficient (Wildman–Crippen LogP) is 5.65. The Balaban J connectivity index is 0.000000919. The van der Waals surface area contributed by atoms with Crippen LogP contribution in [0, 0.1) is 17.8 Å². The highest BCUT2D eigenvalue weighted by Gasteiger charge is 2.43. The van der Waals surface area contributed by atoms with Crippen LogP contribution in [-0.2, 0) is 11.2 Å². The van der Waals surface area contributed by atoms with Crippen molar-refractivity contribution in [3.05, 3.63) is 36.2 Å². The monoisotopic (exact) mass is 496 g/mol. The zero-order valence-corrected chi connectivity index (χ0v) is 22.8. The van der Waals surface area contributed by atoms with Gasteiger partial charge in [0.25, 0.3) is 0 Å². The van der Waals surface area contributed by atoms with Gasteiger partial charge in [0.05, 0.1) is 6.42 Å². The Morgan fingerprint density at radius 3 is 2.56 bits per heavy atom. The maximum atomic E-state index is 12.1. The maximum Gasteiger partial charge on any atom is 0.227 e. The first-order valence-corrected chi connectivity index (χ1v) is 14.2. The smallest absolute Gasteiger partial charge is 0.227 e. The molecule has 1 N–H and O–H groups in total. The van der Waals surface area contributed by atoms with Gasteiger partial charge in [-0.25, -0.2) is 15.0 Å². The van der Waals surface area contributed by atoms with Crippen LogP contribution in [0.5, 0.6) is 0 Å². The zero-order valence-electron chi connectivity index (χ0n) is 22.8. The van der Waals surface area contributed by atoms with E-state index in [1.165, 1.54) is 25.7 Å². The molecule has 1 amide bonds. The number of likely N-dealkylation sites (tertiary alicyclic amines) is 2. The van der Waals surface area contributed by atoms with Gasteiger partial charge in [0, 0.05) is 59.2 Å². The van der Waals surface area contributed by atoms with Crippen LogP contribution in [0.2, 0.25) is 0 Å². The van der Waals surface area contributed by atoms with Crippen LogP contribution in [-0.4, -0.2) is 65.6 Å². The molecule has 4 heterocycles. The van der Waals surface area contributed by atoms with Crippen molar-refractivity contribution >= 4 is 23.9 Å². The third-order valence-electron chi connectivity index (χ3n) is 7.36. The van der Waals surface area contributed by atoms with E-state index in [-0.39, 0.29) is 7.33 Å². The minimum atomic E-state index is 0. The molecule has 1 saturated carbocycles. The van der Waals surface area contributed by atoms with Gasteiger partial charge in [0.1, 0.15) is 5.82 Å². The molecule has 2 atom stereocenters. The molecule has 200 valence electrons. The maximum absolute atomic E-state index is 12.1. The van der Waals surface area contributed by atoms with Crippen molar-refractivity contribution in [2.45, 2.75) is 72.6 Å². The van der Waals surface area contributed by atoms with E-state index < -0.39 is 0 Å². The Hall–Kier alpha value is -2.70. The number of hydrogen-bond donors (Lipinski definition) is 1. The number of hydrogen-bond acceptors (Lipinski definition) is 6. The summed E-state index contributed by atoms with van der Waals surface area (Å²) in [5, 5.41) is 3.47. The molecule has 1 aromatic rings. The van der Waals surface area contributed by atoms with Crippen LogP contribution < -0.4 is 5.32 Å². The quantitative estimate of drug-likeness (QED) is 0.529. The lowest BCUT2D eigenvalue weighted by molar-refractivity contribution is -0.133. The number of pyridine rings is 1. The SMILES string of the molecule is CC.CC.O=C(Cc1ccc(NCCC2CC2C2CCN(C3=NC=CCC=N3)CC2)nc1)N1CCC1.[HH]. The van der Waals surface area contributed by atoms with E-state index >= 15 is 0 Å².